The van der Waals surface area contributed by atoms with Crippen molar-refractivity contribution in [1.82, 2.24) is 4.72 Å². The van der Waals surface area contributed by atoms with Crippen LogP contribution in [-0.4, -0.2) is 19.4 Å². The van der Waals surface area contributed by atoms with Gasteiger partial charge in [-0.2, -0.15) is 0 Å². The molecule has 3 N–H and O–H groups in total. The highest BCUT2D eigenvalue weighted by atomic mass is 32.2. The average molecular weight is 301 g/mol. The van der Waals surface area contributed by atoms with E-state index in [-0.39, 0.29) is 28.2 Å². The molecule has 0 aliphatic heterocycles. The first kappa shape index (κ1) is 16.4. The maximum Gasteiger partial charge on any atom is 0.270 e. The summed E-state index contributed by atoms with van der Waals surface area (Å²) in [5.41, 5.74) is 5.31. The fraction of sp³-hybridized carbons (Fsp3) is 0.500. The summed E-state index contributed by atoms with van der Waals surface area (Å²) < 4.78 is 27.1. The molecule has 0 saturated heterocycles. The molecule has 112 valence electrons. The first-order valence-electron chi connectivity index (χ1n) is 6.25. The molecule has 1 aromatic rings. The Hall–Kier alpha value is -1.67. The van der Waals surface area contributed by atoms with Crippen LogP contribution in [-0.2, 0) is 10.0 Å². The number of hydrogen-bond donors (Lipinski definition) is 2. The Morgan fingerprint density at radius 3 is 2.45 bits per heavy atom. The van der Waals surface area contributed by atoms with Crippen LogP contribution < -0.4 is 10.5 Å². The van der Waals surface area contributed by atoms with Gasteiger partial charge in [0.25, 0.3) is 5.69 Å². The molecule has 0 heterocycles. The zero-order valence-corrected chi connectivity index (χ0v) is 12.5. The Morgan fingerprint density at radius 1 is 1.40 bits per heavy atom. The summed E-state index contributed by atoms with van der Waals surface area (Å²) in [6, 6.07) is 3.13. The summed E-state index contributed by atoms with van der Waals surface area (Å²) in [5, 5.41) is 10.7. The SMILES string of the molecule is CCC(NS(=O)(=O)c1cc([N+](=O)[O-])ccc1N)C(C)C. The Bertz CT molecular complexity index is 599. The van der Waals surface area contributed by atoms with E-state index in [1.807, 2.05) is 20.8 Å². The van der Waals surface area contributed by atoms with Gasteiger partial charge < -0.3 is 5.73 Å². The van der Waals surface area contributed by atoms with Crippen LogP contribution in [0, 0.1) is 16.0 Å². The largest absolute Gasteiger partial charge is 0.398 e. The summed E-state index contributed by atoms with van der Waals surface area (Å²) >= 11 is 0. The van der Waals surface area contributed by atoms with Crippen LogP contribution in [0.15, 0.2) is 23.1 Å². The smallest absolute Gasteiger partial charge is 0.270 e. The van der Waals surface area contributed by atoms with Gasteiger partial charge in [-0.05, 0) is 18.4 Å². The summed E-state index contributed by atoms with van der Waals surface area (Å²) in [6.07, 6.45) is 0.617. The van der Waals surface area contributed by atoms with Crippen molar-refractivity contribution in [3.05, 3.63) is 28.3 Å². The quantitative estimate of drug-likeness (QED) is 0.473. The molecule has 0 saturated carbocycles. The second-order valence-corrected chi connectivity index (χ2v) is 6.54. The minimum atomic E-state index is -3.88. The van der Waals surface area contributed by atoms with Crippen molar-refractivity contribution in [2.45, 2.75) is 38.1 Å². The van der Waals surface area contributed by atoms with E-state index in [9.17, 15) is 18.5 Å². The molecule has 1 aromatic carbocycles. The van der Waals surface area contributed by atoms with E-state index in [1.54, 1.807) is 0 Å². The topological polar surface area (TPSA) is 115 Å². The third-order valence-corrected chi connectivity index (χ3v) is 4.59. The van der Waals surface area contributed by atoms with E-state index in [2.05, 4.69) is 4.72 Å². The molecule has 0 bridgehead atoms. The van der Waals surface area contributed by atoms with Crippen LogP contribution >= 0.6 is 0 Å². The molecule has 0 aliphatic carbocycles. The van der Waals surface area contributed by atoms with E-state index < -0.39 is 14.9 Å². The lowest BCUT2D eigenvalue weighted by Crippen LogP contribution is -2.38. The van der Waals surface area contributed by atoms with Gasteiger partial charge in [-0.3, -0.25) is 10.1 Å². The summed E-state index contributed by atoms with van der Waals surface area (Å²) in [6.45, 7) is 5.66. The molecule has 0 aliphatic rings. The normalized spacial score (nSPS) is 13.4. The van der Waals surface area contributed by atoms with E-state index in [4.69, 9.17) is 5.73 Å². The third kappa shape index (κ3) is 3.67. The number of nitro groups is 1. The monoisotopic (exact) mass is 301 g/mol. The predicted octanol–water partition coefficient (Wildman–Crippen LogP) is 1.89. The summed E-state index contributed by atoms with van der Waals surface area (Å²) in [5.74, 6) is 0.106. The average Bonchev–Trinajstić information content (AvgIpc) is 2.35. The molecular weight excluding hydrogens is 282 g/mol. The van der Waals surface area contributed by atoms with Gasteiger partial charge in [-0.15, -0.1) is 0 Å². The number of benzene rings is 1. The molecule has 1 rings (SSSR count). The number of sulfonamides is 1. The standard InChI is InChI=1S/C12H19N3O4S/c1-4-11(8(2)3)14-20(18,19)12-7-9(15(16)17)5-6-10(12)13/h5-8,11,14H,4,13H2,1-3H3. The van der Waals surface area contributed by atoms with Crippen LogP contribution in [0.25, 0.3) is 0 Å². The Balaban J connectivity index is 3.21. The predicted molar refractivity (Wildman–Crippen MR) is 76.7 cm³/mol. The van der Waals surface area contributed by atoms with Crippen LogP contribution in [0.5, 0.6) is 0 Å². The van der Waals surface area contributed by atoms with Gasteiger partial charge in [-0.1, -0.05) is 20.8 Å². The highest BCUT2D eigenvalue weighted by Crippen LogP contribution is 2.24. The summed E-state index contributed by atoms with van der Waals surface area (Å²) in [7, 11) is -3.88. The lowest BCUT2D eigenvalue weighted by Gasteiger charge is -2.21. The number of nitrogens with one attached hydrogen (secondary N) is 1. The number of nitrogen functional groups attached to an aromatic ring is 1. The molecule has 0 radical (unpaired) electrons. The highest BCUT2D eigenvalue weighted by molar-refractivity contribution is 7.89. The summed E-state index contributed by atoms with van der Waals surface area (Å²) in [4.78, 5) is 9.81. The second kappa shape index (κ2) is 6.19. The van der Waals surface area contributed by atoms with Crippen LogP contribution in [0.3, 0.4) is 0 Å². The Kier molecular flexibility index (Phi) is 5.07. The second-order valence-electron chi connectivity index (χ2n) is 4.86. The lowest BCUT2D eigenvalue weighted by atomic mass is 10.0. The number of hydrogen-bond acceptors (Lipinski definition) is 5. The molecular formula is C12H19N3O4S. The molecule has 1 unspecified atom stereocenters. The van der Waals surface area contributed by atoms with Crippen molar-refractivity contribution in [1.29, 1.82) is 0 Å². The van der Waals surface area contributed by atoms with Crippen molar-refractivity contribution in [2.24, 2.45) is 5.92 Å². The van der Waals surface area contributed by atoms with Crippen LogP contribution in [0.1, 0.15) is 27.2 Å². The molecule has 20 heavy (non-hydrogen) atoms. The zero-order chi connectivity index (χ0) is 15.5. The van der Waals surface area contributed by atoms with Gasteiger partial charge in [0.05, 0.1) is 10.6 Å². The molecule has 8 heteroatoms. The van der Waals surface area contributed by atoms with Gasteiger partial charge >= 0.3 is 0 Å². The molecule has 0 fully saturated rings. The molecule has 7 nitrogen and oxygen atoms in total. The van der Waals surface area contributed by atoms with Crippen molar-refractivity contribution < 1.29 is 13.3 Å². The van der Waals surface area contributed by atoms with Crippen LogP contribution in [0.2, 0.25) is 0 Å². The number of nitro benzene ring substituents is 1. The van der Waals surface area contributed by atoms with Crippen molar-refractivity contribution in [3.63, 3.8) is 0 Å². The molecule has 0 aromatic heterocycles. The van der Waals surface area contributed by atoms with Gasteiger partial charge in [0.2, 0.25) is 10.0 Å². The lowest BCUT2D eigenvalue weighted by molar-refractivity contribution is -0.385. The number of anilines is 1. The number of nitrogens with zero attached hydrogens (tertiary/aromatic N) is 1. The zero-order valence-electron chi connectivity index (χ0n) is 11.7. The van der Waals surface area contributed by atoms with E-state index in [0.29, 0.717) is 6.42 Å². The van der Waals surface area contributed by atoms with E-state index >= 15 is 0 Å². The Labute approximate surface area is 118 Å². The fourth-order valence-corrected chi connectivity index (χ4v) is 3.44. The number of rotatable bonds is 6. The maximum atomic E-state index is 12.3. The molecule has 0 spiro atoms. The van der Waals surface area contributed by atoms with E-state index in [1.165, 1.54) is 12.1 Å². The van der Waals surface area contributed by atoms with Crippen molar-refractivity contribution in [3.8, 4) is 0 Å². The van der Waals surface area contributed by atoms with Crippen molar-refractivity contribution >= 4 is 21.4 Å². The minimum Gasteiger partial charge on any atom is -0.398 e. The first-order chi connectivity index (χ1) is 9.19. The van der Waals surface area contributed by atoms with Gasteiger partial charge in [0, 0.05) is 18.2 Å². The van der Waals surface area contributed by atoms with Gasteiger partial charge in [-0.25, -0.2) is 13.1 Å². The Morgan fingerprint density at radius 2 is 2.00 bits per heavy atom. The third-order valence-electron chi connectivity index (χ3n) is 3.05. The van der Waals surface area contributed by atoms with Gasteiger partial charge in [0.1, 0.15) is 4.90 Å². The highest BCUT2D eigenvalue weighted by Gasteiger charge is 2.25. The molecule has 1 atom stereocenters. The minimum absolute atomic E-state index is 0.0123. The number of non-ortho nitro benzene ring substituents is 1. The first-order valence-corrected chi connectivity index (χ1v) is 7.73. The van der Waals surface area contributed by atoms with Gasteiger partial charge in [0.15, 0.2) is 0 Å². The number of nitrogens with two attached hydrogens (primary N) is 1. The molecule has 0 amide bonds. The van der Waals surface area contributed by atoms with E-state index in [0.717, 1.165) is 6.07 Å². The fourth-order valence-electron chi connectivity index (χ4n) is 1.82. The maximum absolute atomic E-state index is 12.3. The van der Waals surface area contributed by atoms with Crippen molar-refractivity contribution in [2.75, 3.05) is 5.73 Å². The van der Waals surface area contributed by atoms with Crippen LogP contribution in [0.4, 0.5) is 11.4 Å².